The van der Waals surface area contributed by atoms with Crippen molar-refractivity contribution in [1.82, 2.24) is 19.7 Å². The molecule has 2 aromatic rings. The second-order valence-electron chi connectivity index (χ2n) is 4.05. The smallest absolute Gasteiger partial charge is 0.134 e. The molecule has 0 aliphatic heterocycles. The number of anilines is 2. The summed E-state index contributed by atoms with van der Waals surface area (Å²) in [6.45, 7) is 5.47. The van der Waals surface area contributed by atoms with Crippen LogP contribution in [0.15, 0.2) is 18.5 Å². The van der Waals surface area contributed by atoms with E-state index in [2.05, 4.69) is 20.4 Å². The Kier molecular flexibility index (Phi) is 3.76. The average Bonchev–Trinajstić information content (AvgIpc) is 2.87. The fourth-order valence-corrected chi connectivity index (χ4v) is 1.63. The van der Waals surface area contributed by atoms with Crippen LogP contribution < -0.4 is 11.1 Å². The molecule has 0 unspecified atom stereocenters. The van der Waals surface area contributed by atoms with Crippen LogP contribution >= 0.6 is 0 Å². The lowest BCUT2D eigenvalue weighted by Crippen LogP contribution is -2.14. The van der Waals surface area contributed by atoms with Gasteiger partial charge in [0.05, 0.1) is 6.54 Å². The predicted octanol–water partition coefficient (Wildman–Crippen LogP) is 1.24. The van der Waals surface area contributed by atoms with Crippen LogP contribution in [0.25, 0.3) is 0 Å². The number of rotatable bonds is 5. The molecule has 2 heterocycles. The molecule has 18 heavy (non-hydrogen) atoms. The van der Waals surface area contributed by atoms with Gasteiger partial charge in [-0.2, -0.15) is 5.10 Å². The maximum Gasteiger partial charge on any atom is 0.134 e. The summed E-state index contributed by atoms with van der Waals surface area (Å²) in [5, 5.41) is 7.42. The van der Waals surface area contributed by atoms with Gasteiger partial charge in [0.15, 0.2) is 0 Å². The number of aryl methyl sites for hydroxylation is 1. The summed E-state index contributed by atoms with van der Waals surface area (Å²) in [4.78, 5) is 8.66. The molecule has 0 saturated heterocycles. The van der Waals surface area contributed by atoms with E-state index in [1.807, 2.05) is 30.8 Å². The Balaban J connectivity index is 2.02. The highest BCUT2D eigenvalue weighted by Crippen LogP contribution is 2.17. The highest BCUT2D eigenvalue weighted by atomic mass is 15.3. The third kappa shape index (κ3) is 2.77. The van der Waals surface area contributed by atoms with E-state index in [1.54, 1.807) is 6.20 Å². The summed E-state index contributed by atoms with van der Waals surface area (Å²) >= 11 is 0. The molecule has 0 atom stereocenters. The molecule has 6 nitrogen and oxygen atoms in total. The molecular formula is C12H18N6. The van der Waals surface area contributed by atoms with Crippen molar-refractivity contribution in [3.63, 3.8) is 0 Å². The molecule has 0 aromatic carbocycles. The molecule has 0 aliphatic carbocycles. The van der Waals surface area contributed by atoms with Crippen LogP contribution in [0, 0.1) is 6.92 Å². The minimum atomic E-state index is 0.545. The van der Waals surface area contributed by atoms with E-state index >= 15 is 0 Å². The highest BCUT2D eigenvalue weighted by molar-refractivity contribution is 5.54. The molecule has 0 aliphatic rings. The molecule has 0 spiro atoms. The Morgan fingerprint density at radius 2 is 2.22 bits per heavy atom. The molecule has 96 valence electrons. The van der Waals surface area contributed by atoms with Gasteiger partial charge in [0.25, 0.3) is 0 Å². The summed E-state index contributed by atoms with van der Waals surface area (Å²) in [6, 6.07) is 1.91. The van der Waals surface area contributed by atoms with Gasteiger partial charge in [-0.3, -0.25) is 4.68 Å². The van der Waals surface area contributed by atoms with Gasteiger partial charge < -0.3 is 11.1 Å². The van der Waals surface area contributed by atoms with Gasteiger partial charge in [0.2, 0.25) is 0 Å². The first-order valence-corrected chi connectivity index (χ1v) is 6.05. The number of hydrogen-bond donors (Lipinski definition) is 2. The Bertz CT molecular complexity index is 506. The van der Waals surface area contributed by atoms with E-state index in [-0.39, 0.29) is 0 Å². The second kappa shape index (κ2) is 5.48. The van der Waals surface area contributed by atoms with Crippen molar-refractivity contribution in [3.05, 3.63) is 29.8 Å². The van der Waals surface area contributed by atoms with E-state index in [4.69, 9.17) is 5.73 Å². The fraction of sp³-hybridized carbons (Fsp3) is 0.417. The highest BCUT2D eigenvalue weighted by Gasteiger charge is 2.07. The summed E-state index contributed by atoms with van der Waals surface area (Å²) in [5.41, 5.74) is 6.75. The Hall–Kier alpha value is -2.11. The number of nitrogens with zero attached hydrogens (tertiary/aromatic N) is 4. The molecule has 3 N–H and O–H groups in total. The van der Waals surface area contributed by atoms with Crippen molar-refractivity contribution in [2.24, 2.45) is 0 Å². The maximum absolute atomic E-state index is 5.85. The standard InChI is InChI=1S/C12H18N6/c1-3-10-16-11(13)9(2)12(17-10)14-6-8-18-7-4-5-15-18/h4-5,7H,3,6,8H2,1-2H3,(H3,13,14,16,17). The van der Waals surface area contributed by atoms with Crippen LogP contribution in [0.3, 0.4) is 0 Å². The number of nitrogens with two attached hydrogens (primary N) is 1. The van der Waals surface area contributed by atoms with E-state index in [1.165, 1.54) is 0 Å². The topological polar surface area (TPSA) is 81.6 Å². The molecule has 0 fully saturated rings. The monoisotopic (exact) mass is 246 g/mol. The SMILES string of the molecule is CCc1nc(N)c(C)c(NCCn2cccn2)n1. The van der Waals surface area contributed by atoms with Crippen LogP contribution in [-0.2, 0) is 13.0 Å². The molecule has 2 aromatic heterocycles. The number of aromatic nitrogens is 4. The Morgan fingerprint density at radius 3 is 2.89 bits per heavy atom. The van der Waals surface area contributed by atoms with Gasteiger partial charge in [-0.25, -0.2) is 9.97 Å². The van der Waals surface area contributed by atoms with E-state index in [0.717, 1.165) is 36.7 Å². The zero-order chi connectivity index (χ0) is 13.0. The molecule has 0 amide bonds. The van der Waals surface area contributed by atoms with Crippen molar-refractivity contribution >= 4 is 11.6 Å². The Labute approximate surface area is 106 Å². The normalized spacial score (nSPS) is 10.6. The number of nitrogens with one attached hydrogen (secondary N) is 1. The molecule has 0 radical (unpaired) electrons. The first-order valence-electron chi connectivity index (χ1n) is 6.05. The summed E-state index contributed by atoms with van der Waals surface area (Å²) in [7, 11) is 0. The lowest BCUT2D eigenvalue weighted by molar-refractivity contribution is 0.636. The van der Waals surface area contributed by atoms with Crippen molar-refractivity contribution in [2.75, 3.05) is 17.6 Å². The first-order chi connectivity index (χ1) is 8.70. The van der Waals surface area contributed by atoms with Crippen LogP contribution in [-0.4, -0.2) is 26.3 Å². The van der Waals surface area contributed by atoms with Gasteiger partial charge >= 0.3 is 0 Å². The van der Waals surface area contributed by atoms with Crippen LogP contribution in [0.5, 0.6) is 0 Å². The second-order valence-corrected chi connectivity index (χ2v) is 4.05. The van der Waals surface area contributed by atoms with Gasteiger partial charge in [0, 0.05) is 30.9 Å². The lowest BCUT2D eigenvalue weighted by Gasteiger charge is -2.11. The largest absolute Gasteiger partial charge is 0.383 e. The maximum atomic E-state index is 5.85. The van der Waals surface area contributed by atoms with Crippen LogP contribution in [0.1, 0.15) is 18.3 Å². The zero-order valence-electron chi connectivity index (χ0n) is 10.7. The number of nitrogen functional groups attached to an aromatic ring is 1. The summed E-state index contributed by atoms with van der Waals surface area (Å²) in [5.74, 6) is 2.12. The van der Waals surface area contributed by atoms with E-state index < -0.39 is 0 Å². The van der Waals surface area contributed by atoms with E-state index in [9.17, 15) is 0 Å². The third-order valence-corrected chi connectivity index (χ3v) is 2.74. The minimum absolute atomic E-state index is 0.545. The minimum Gasteiger partial charge on any atom is -0.383 e. The molecule has 0 saturated carbocycles. The van der Waals surface area contributed by atoms with E-state index in [0.29, 0.717) is 5.82 Å². The molecular weight excluding hydrogens is 228 g/mol. The lowest BCUT2D eigenvalue weighted by atomic mass is 10.3. The summed E-state index contributed by atoms with van der Waals surface area (Å²) in [6.07, 6.45) is 4.47. The average molecular weight is 246 g/mol. The van der Waals surface area contributed by atoms with Crippen molar-refractivity contribution in [1.29, 1.82) is 0 Å². The van der Waals surface area contributed by atoms with Crippen LogP contribution in [0.4, 0.5) is 11.6 Å². The van der Waals surface area contributed by atoms with Gasteiger partial charge in [-0.05, 0) is 13.0 Å². The third-order valence-electron chi connectivity index (χ3n) is 2.74. The van der Waals surface area contributed by atoms with Crippen molar-refractivity contribution in [2.45, 2.75) is 26.8 Å². The van der Waals surface area contributed by atoms with Gasteiger partial charge in [0.1, 0.15) is 17.5 Å². The van der Waals surface area contributed by atoms with Gasteiger partial charge in [-0.15, -0.1) is 0 Å². The van der Waals surface area contributed by atoms with Gasteiger partial charge in [-0.1, -0.05) is 6.92 Å². The fourth-order valence-electron chi connectivity index (χ4n) is 1.63. The zero-order valence-corrected chi connectivity index (χ0v) is 10.7. The van der Waals surface area contributed by atoms with Crippen molar-refractivity contribution < 1.29 is 0 Å². The van der Waals surface area contributed by atoms with Crippen LogP contribution in [0.2, 0.25) is 0 Å². The number of hydrogen-bond acceptors (Lipinski definition) is 5. The quantitative estimate of drug-likeness (QED) is 0.829. The molecule has 6 heteroatoms. The molecule has 2 rings (SSSR count). The first kappa shape index (κ1) is 12.3. The molecule has 0 bridgehead atoms. The predicted molar refractivity (Wildman–Crippen MR) is 71.3 cm³/mol. The summed E-state index contributed by atoms with van der Waals surface area (Å²) < 4.78 is 1.87. The Morgan fingerprint density at radius 1 is 1.39 bits per heavy atom. The van der Waals surface area contributed by atoms with Crippen molar-refractivity contribution in [3.8, 4) is 0 Å².